The third kappa shape index (κ3) is 4.22. The lowest BCUT2D eigenvalue weighted by atomic mass is 9.83. The number of carboxylic acids is 1. The second kappa shape index (κ2) is 7.71. The first-order valence-corrected chi connectivity index (χ1v) is 8.76. The van der Waals surface area contributed by atoms with Crippen LogP contribution in [0.5, 0.6) is 0 Å². The van der Waals surface area contributed by atoms with E-state index < -0.39 is 11.9 Å². The van der Waals surface area contributed by atoms with Crippen LogP contribution in [-0.2, 0) is 11.3 Å². The Kier molecular flexibility index (Phi) is 5.36. The van der Waals surface area contributed by atoms with Gasteiger partial charge in [0.25, 0.3) is 11.5 Å². The normalized spacial score (nSPS) is 20.0. The van der Waals surface area contributed by atoms with Gasteiger partial charge in [0.1, 0.15) is 0 Å². The number of amides is 1. The van der Waals surface area contributed by atoms with Gasteiger partial charge in [0.15, 0.2) is 0 Å². The summed E-state index contributed by atoms with van der Waals surface area (Å²) in [6.07, 6.45) is 2.58. The first kappa shape index (κ1) is 18.8. The van der Waals surface area contributed by atoms with Gasteiger partial charge in [-0.1, -0.05) is 0 Å². The second-order valence-electron chi connectivity index (χ2n) is 6.89. The van der Waals surface area contributed by atoms with Crippen molar-refractivity contribution in [1.82, 2.24) is 14.9 Å². The van der Waals surface area contributed by atoms with Crippen LogP contribution in [0, 0.1) is 5.92 Å². The number of aromatic nitrogens is 2. The lowest BCUT2D eigenvalue weighted by Crippen LogP contribution is -2.44. The standard InChI is InChI=1S/C17H18N4O2.C2H4O2/c18-17(23)11-1-2-14(20-8-11)12-4-15-13-3-10(6-19-7-13)9-21(15)16(22)5-12;1-2(3)4/h1-2,4-5,8,10,13,19H,3,6-7,9H2,(H2,18,23);1H3,(H,3,4)/t10-,13+;/m0./s1. The molecular weight excluding hydrogens is 348 g/mol. The molecule has 2 bridgehead atoms. The van der Waals surface area contributed by atoms with E-state index >= 15 is 0 Å². The number of hydrogen-bond acceptors (Lipinski definition) is 5. The third-order valence-electron chi connectivity index (χ3n) is 4.80. The van der Waals surface area contributed by atoms with Gasteiger partial charge in [0, 0.05) is 49.5 Å². The van der Waals surface area contributed by atoms with Crippen LogP contribution in [0.4, 0.5) is 0 Å². The average molecular weight is 370 g/mol. The molecule has 27 heavy (non-hydrogen) atoms. The summed E-state index contributed by atoms with van der Waals surface area (Å²) in [5, 5.41) is 10.9. The fourth-order valence-corrected chi connectivity index (χ4v) is 3.66. The number of nitrogens with zero attached hydrogens (tertiary/aromatic N) is 2. The summed E-state index contributed by atoms with van der Waals surface area (Å²) in [4.78, 5) is 36.9. The largest absolute Gasteiger partial charge is 0.481 e. The minimum atomic E-state index is -0.833. The SMILES string of the molecule is CC(=O)O.NC(=O)c1ccc(-c2cc3n(c(=O)c2)C[C@@H]2CNC[C@H]3C2)nc1. The highest BCUT2D eigenvalue weighted by atomic mass is 16.4. The molecule has 0 spiro atoms. The molecule has 4 rings (SSSR count). The Hall–Kier alpha value is -3.00. The van der Waals surface area contributed by atoms with Gasteiger partial charge in [0.2, 0.25) is 5.91 Å². The summed E-state index contributed by atoms with van der Waals surface area (Å²) in [5.41, 5.74) is 8.18. The van der Waals surface area contributed by atoms with Crippen molar-refractivity contribution >= 4 is 11.9 Å². The molecule has 2 aliphatic rings. The summed E-state index contributed by atoms with van der Waals surface area (Å²) in [6.45, 7) is 3.76. The van der Waals surface area contributed by atoms with Crippen molar-refractivity contribution in [3.63, 3.8) is 0 Å². The Balaban J connectivity index is 0.000000481. The molecule has 0 saturated carbocycles. The number of fused-ring (bicyclic) bond motifs is 4. The predicted molar refractivity (Wildman–Crippen MR) is 99.5 cm³/mol. The summed E-state index contributed by atoms with van der Waals surface area (Å²) in [7, 11) is 0. The minimum Gasteiger partial charge on any atom is -0.481 e. The highest BCUT2D eigenvalue weighted by molar-refractivity contribution is 5.92. The molecule has 0 aliphatic carbocycles. The van der Waals surface area contributed by atoms with Crippen LogP contribution in [0.1, 0.15) is 35.3 Å². The minimum absolute atomic E-state index is 0.0230. The molecule has 0 unspecified atom stereocenters. The number of aliphatic carboxylic acids is 1. The van der Waals surface area contributed by atoms with Crippen LogP contribution in [-0.4, -0.2) is 39.6 Å². The van der Waals surface area contributed by atoms with Crippen molar-refractivity contribution in [3.8, 4) is 11.3 Å². The van der Waals surface area contributed by atoms with E-state index in [0.29, 0.717) is 23.1 Å². The summed E-state index contributed by atoms with van der Waals surface area (Å²) in [5.74, 6) is -0.424. The molecule has 8 heteroatoms. The van der Waals surface area contributed by atoms with Gasteiger partial charge < -0.3 is 20.7 Å². The topological polar surface area (TPSA) is 127 Å². The number of carboxylic acid groups (broad SMARTS) is 1. The second-order valence-corrected chi connectivity index (χ2v) is 6.89. The zero-order chi connectivity index (χ0) is 19.6. The Labute approximate surface area is 156 Å². The highest BCUT2D eigenvalue weighted by Gasteiger charge is 2.31. The van der Waals surface area contributed by atoms with Gasteiger partial charge in [-0.05, 0) is 37.1 Å². The number of nitrogens with one attached hydrogen (secondary N) is 1. The fraction of sp³-hybridized carbons (Fsp3) is 0.368. The van der Waals surface area contributed by atoms with E-state index in [-0.39, 0.29) is 5.56 Å². The van der Waals surface area contributed by atoms with E-state index in [1.807, 2.05) is 4.57 Å². The van der Waals surface area contributed by atoms with Gasteiger partial charge in [-0.2, -0.15) is 0 Å². The Bertz CT molecular complexity index is 916. The van der Waals surface area contributed by atoms with Crippen LogP contribution in [0.15, 0.2) is 35.3 Å². The number of rotatable bonds is 2. The van der Waals surface area contributed by atoms with Gasteiger partial charge in [0.05, 0.1) is 11.3 Å². The predicted octanol–water partition coefficient (Wildman–Crippen LogP) is 0.807. The van der Waals surface area contributed by atoms with Gasteiger partial charge >= 0.3 is 0 Å². The van der Waals surface area contributed by atoms with Crippen molar-refractivity contribution in [2.45, 2.75) is 25.8 Å². The first-order chi connectivity index (χ1) is 12.8. The number of carbonyl (C=O) groups is 2. The molecule has 142 valence electrons. The molecule has 2 atom stereocenters. The van der Waals surface area contributed by atoms with Crippen LogP contribution in [0.3, 0.4) is 0 Å². The molecule has 0 radical (unpaired) electrons. The van der Waals surface area contributed by atoms with E-state index in [2.05, 4.69) is 16.4 Å². The van der Waals surface area contributed by atoms with E-state index in [1.165, 1.54) is 6.20 Å². The number of primary amides is 1. The quantitative estimate of drug-likeness (QED) is 0.718. The molecule has 8 nitrogen and oxygen atoms in total. The summed E-state index contributed by atoms with van der Waals surface area (Å²) < 4.78 is 1.90. The van der Waals surface area contributed by atoms with Crippen molar-refractivity contribution < 1.29 is 14.7 Å². The number of hydrogen-bond donors (Lipinski definition) is 3. The molecule has 4 heterocycles. The van der Waals surface area contributed by atoms with Gasteiger partial charge in [-0.25, -0.2) is 0 Å². The lowest BCUT2D eigenvalue weighted by Gasteiger charge is -2.37. The van der Waals surface area contributed by atoms with E-state index in [0.717, 1.165) is 44.2 Å². The van der Waals surface area contributed by atoms with Gasteiger partial charge in [-0.15, -0.1) is 0 Å². The Morgan fingerprint density at radius 3 is 2.67 bits per heavy atom. The van der Waals surface area contributed by atoms with Crippen LogP contribution in [0.2, 0.25) is 0 Å². The first-order valence-electron chi connectivity index (χ1n) is 8.76. The molecule has 0 aromatic carbocycles. The Morgan fingerprint density at radius 2 is 2.04 bits per heavy atom. The van der Waals surface area contributed by atoms with Crippen molar-refractivity contribution in [2.24, 2.45) is 11.7 Å². The lowest BCUT2D eigenvalue weighted by molar-refractivity contribution is -0.134. The van der Waals surface area contributed by atoms with Crippen molar-refractivity contribution in [1.29, 1.82) is 0 Å². The molecule has 2 aromatic heterocycles. The Morgan fingerprint density at radius 1 is 1.30 bits per heavy atom. The molecule has 1 saturated heterocycles. The molecule has 2 aromatic rings. The number of piperidine rings is 1. The monoisotopic (exact) mass is 370 g/mol. The zero-order valence-electron chi connectivity index (χ0n) is 15.0. The van der Waals surface area contributed by atoms with Gasteiger partial charge in [-0.3, -0.25) is 19.4 Å². The molecular formula is C19H22N4O4. The maximum absolute atomic E-state index is 12.5. The maximum Gasteiger partial charge on any atom is 0.300 e. The smallest absolute Gasteiger partial charge is 0.300 e. The van der Waals surface area contributed by atoms with E-state index in [9.17, 15) is 9.59 Å². The number of nitrogens with two attached hydrogens (primary N) is 1. The fourth-order valence-electron chi connectivity index (χ4n) is 3.66. The van der Waals surface area contributed by atoms with Crippen molar-refractivity contribution in [2.75, 3.05) is 13.1 Å². The van der Waals surface area contributed by atoms with Crippen LogP contribution >= 0.6 is 0 Å². The van der Waals surface area contributed by atoms with E-state index in [1.54, 1.807) is 18.2 Å². The number of carbonyl (C=O) groups excluding carboxylic acids is 1. The summed E-state index contributed by atoms with van der Waals surface area (Å²) >= 11 is 0. The zero-order valence-corrected chi connectivity index (χ0v) is 15.0. The molecule has 1 amide bonds. The average Bonchev–Trinajstić information content (AvgIpc) is 2.62. The van der Waals surface area contributed by atoms with Crippen molar-refractivity contribution in [3.05, 3.63) is 52.1 Å². The van der Waals surface area contributed by atoms with E-state index in [4.69, 9.17) is 15.6 Å². The summed E-state index contributed by atoms with van der Waals surface area (Å²) in [6, 6.07) is 7.06. The highest BCUT2D eigenvalue weighted by Crippen LogP contribution is 2.33. The molecule has 1 fully saturated rings. The third-order valence-corrected chi connectivity index (χ3v) is 4.80. The maximum atomic E-state index is 12.5. The number of pyridine rings is 2. The molecule has 2 aliphatic heterocycles. The van der Waals surface area contributed by atoms with Crippen LogP contribution in [0.25, 0.3) is 11.3 Å². The van der Waals surface area contributed by atoms with Crippen LogP contribution < -0.4 is 16.6 Å². The molecule has 4 N–H and O–H groups in total.